The molecule has 2 rings (SSSR count). The van der Waals surface area contributed by atoms with Crippen molar-refractivity contribution in [1.29, 1.82) is 0 Å². The average Bonchev–Trinajstić information content (AvgIpc) is 2.47. The minimum absolute atomic E-state index is 0.0216. The van der Waals surface area contributed by atoms with Gasteiger partial charge in [0.1, 0.15) is 0 Å². The Labute approximate surface area is 133 Å². The molecule has 4 heteroatoms. The number of aromatic nitrogens is 1. The Kier molecular flexibility index (Phi) is 5.01. The smallest absolute Gasteiger partial charge is 0.250 e. The molecule has 22 heavy (non-hydrogen) atoms. The first-order valence-corrected chi connectivity index (χ1v) is 10.3. The van der Waals surface area contributed by atoms with Gasteiger partial charge in [0.2, 0.25) is 5.56 Å². The summed E-state index contributed by atoms with van der Waals surface area (Å²) in [7, 11) is -0.545. The number of hydrogen-bond acceptors (Lipinski definition) is 2. The van der Waals surface area contributed by atoms with E-state index >= 15 is 0 Å². The molecule has 0 fully saturated rings. The van der Waals surface area contributed by atoms with Crippen LogP contribution in [0.4, 0.5) is 0 Å². The van der Waals surface area contributed by atoms with E-state index in [1.165, 1.54) is 5.56 Å². The molecule has 120 valence electrons. The van der Waals surface area contributed by atoms with Crippen LogP contribution in [0.15, 0.2) is 46.2 Å². The van der Waals surface area contributed by atoms with E-state index in [-0.39, 0.29) is 5.56 Å². The zero-order valence-corrected chi connectivity index (χ0v) is 14.7. The number of nitrogens with zero attached hydrogens (tertiary/aromatic N) is 1. The first-order chi connectivity index (χ1) is 10.3. The molecule has 0 bridgehead atoms. The van der Waals surface area contributed by atoms with E-state index in [1.54, 1.807) is 30.2 Å². The monoisotopic (exact) mass is 319 g/mol. The molecule has 0 aliphatic heterocycles. The largest absolute Gasteiger partial charge is 0.318 e. The lowest BCUT2D eigenvalue weighted by atomic mass is 9.97. The van der Waals surface area contributed by atoms with Gasteiger partial charge in [-0.1, -0.05) is 29.3 Å². The highest BCUT2D eigenvalue weighted by Gasteiger charge is 2.11. The molecule has 0 atom stereocenters. The van der Waals surface area contributed by atoms with Crippen LogP contribution in [0.1, 0.15) is 25.3 Å². The lowest BCUT2D eigenvalue weighted by Crippen LogP contribution is -2.14. The number of unbranched alkanes of at least 4 members (excludes halogenated alkanes) is 1. The molecule has 1 aromatic heterocycles. The number of aryl methyl sites for hydroxylation is 2. The second-order valence-corrected chi connectivity index (χ2v) is 9.38. The molecule has 0 spiro atoms. The van der Waals surface area contributed by atoms with Gasteiger partial charge in [0.05, 0.1) is 0 Å². The minimum atomic E-state index is -2.30. The number of pyridine rings is 1. The summed E-state index contributed by atoms with van der Waals surface area (Å²) >= 11 is 0. The SMILES string of the molecule is CCCCc1ccc([SH](C)(C)=O)cc1-c1ccc(=O)n(C)c1. The third-order valence-electron chi connectivity index (χ3n) is 3.91. The number of hydrogen-bond donors (Lipinski definition) is 1. The standard InChI is InChI=1S/C18H25NO2S/c1-5-6-7-14-8-10-16(22(3,4)21)12-17(14)15-9-11-18(20)19(2)13-15/h8-13,22H,5-7H2,1-4H3. The van der Waals surface area contributed by atoms with E-state index in [0.29, 0.717) is 0 Å². The van der Waals surface area contributed by atoms with E-state index in [0.717, 1.165) is 35.3 Å². The second-order valence-electron chi connectivity index (χ2n) is 6.16. The third-order valence-corrected chi connectivity index (χ3v) is 5.43. The van der Waals surface area contributed by atoms with Gasteiger partial charge in [-0.3, -0.25) is 9.00 Å². The van der Waals surface area contributed by atoms with Crippen LogP contribution < -0.4 is 5.56 Å². The van der Waals surface area contributed by atoms with Gasteiger partial charge in [0.15, 0.2) is 0 Å². The van der Waals surface area contributed by atoms with Crippen LogP contribution in [0, 0.1) is 0 Å². The van der Waals surface area contributed by atoms with Gasteiger partial charge >= 0.3 is 0 Å². The molecule has 0 amide bonds. The van der Waals surface area contributed by atoms with Crippen LogP contribution >= 0.6 is 0 Å². The fourth-order valence-corrected chi connectivity index (χ4v) is 3.38. The van der Waals surface area contributed by atoms with E-state index in [4.69, 9.17) is 0 Å². The molecule has 0 saturated heterocycles. The van der Waals surface area contributed by atoms with Gasteiger partial charge in [-0.15, -0.1) is 0 Å². The Morgan fingerprint density at radius 1 is 1.14 bits per heavy atom. The van der Waals surface area contributed by atoms with Gasteiger partial charge in [-0.2, -0.15) is 0 Å². The zero-order valence-electron chi connectivity index (χ0n) is 13.8. The maximum Gasteiger partial charge on any atom is 0.250 e. The topological polar surface area (TPSA) is 39.1 Å². The molecule has 0 N–H and O–H groups in total. The normalized spacial score (nSPS) is 12.4. The van der Waals surface area contributed by atoms with Crippen molar-refractivity contribution < 1.29 is 4.21 Å². The summed E-state index contributed by atoms with van der Waals surface area (Å²) < 4.78 is 14.0. The molecule has 3 nitrogen and oxygen atoms in total. The fourth-order valence-electron chi connectivity index (χ4n) is 2.51. The van der Waals surface area contributed by atoms with Crippen molar-refractivity contribution in [2.75, 3.05) is 12.5 Å². The second kappa shape index (κ2) is 6.61. The molecule has 0 saturated carbocycles. The summed E-state index contributed by atoms with van der Waals surface area (Å²) in [4.78, 5) is 12.5. The highest BCUT2D eigenvalue weighted by molar-refractivity contribution is 8.01. The summed E-state index contributed by atoms with van der Waals surface area (Å²) in [6, 6.07) is 9.55. The molecular formula is C18H25NO2S. The van der Waals surface area contributed by atoms with Crippen molar-refractivity contribution in [2.24, 2.45) is 7.05 Å². The van der Waals surface area contributed by atoms with Crippen LogP contribution in [0.3, 0.4) is 0 Å². The first-order valence-electron chi connectivity index (χ1n) is 7.68. The van der Waals surface area contributed by atoms with Gasteiger partial charge in [-0.25, -0.2) is 0 Å². The molecule has 0 radical (unpaired) electrons. The lowest BCUT2D eigenvalue weighted by molar-refractivity contribution is 0.678. The van der Waals surface area contributed by atoms with Crippen molar-refractivity contribution in [3.8, 4) is 11.1 Å². The van der Waals surface area contributed by atoms with Crippen LogP contribution in [-0.4, -0.2) is 21.3 Å². The Morgan fingerprint density at radius 2 is 1.86 bits per heavy atom. The van der Waals surface area contributed by atoms with E-state index < -0.39 is 9.93 Å². The van der Waals surface area contributed by atoms with Crippen LogP contribution in [-0.2, 0) is 23.4 Å². The predicted octanol–water partition coefficient (Wildman–Crippen LogP) is 3.03. The van der Waals surface area contributed by atoms with E-state index in [1.807, 2.05) is 24.4 Å². The Morgan fingerprint density at radius 3 is 2.45 bits per heavy atom. The number of rotatable bonds is 5. The molecule has 1 heterocycles. The van der Waals surface area contributed by atoms with Crippen molar-refractivity contribution in [3.05, 3.63) is 52.4 Å². The maximum atomic E-state index is 12.4. The van der Waals surface area contributed by atoms with E-state index in [9.17, 15) is 9.00 Å². The highest BCUT2D eigenvalue weighted by Crippen LogP contribution is 2.28. The van der Waals surface area contributed by atoms with Gasteiger partial charge in [0.25, 0.3) is 0 Å². The summed E-state index contributed by atoms with van der Waals surface area (Å²) in [6.07, 6.45) is 8.68. The molecule has 2 aromatic rings. The fraction of sp³-hybridized carbons (Fsp3) is 0.389. The summed E-state index contributed by atoms with van der Waals surface area (Å²) in [6.45, 7) is 2.17. The highest BCUT2D eigenvalue weighted by atomic mass is 32.2. The number of benzene rings is 1. The molecule has 0 aliphatic rings. The number of thiol groups is 1. The molecule has 0 aliphatic carbocycles. The lowest BCUT2D eigenvalue weighted by Gasteiger charge is -2.17. The average molecular weight is 319 g/mol. The van der Waals surface area contributed by atoms with Crippen molar-refractivity contribution in [2.45, 2.75) is 31.1 Å². The maximum absolute atomic E-state index is 12.4. The van der Waals surface area contributed by atoms with Crippen molar-refractivity contribution in [1.82, 2.24) is 4.57 Å². The first kappa shape index (κ1) is 16.7. The minimum Gasteiger partial charge on any atom is -0.318 e. The zero-order chi connectivity index (χ0) is 16.3. The Balaban J connectivity index is 2.60. The van der Waals surface area contributed by atoms with Gasteiger partial charge in [0, 0.05) is 24.2 Å². The van der Waals surface area contributed by atoms with Crippen molar-refractivity contribution >= 4 is 9.93 Å². The molecular weight excluding hydrogens is 294 g/mol. The quantitative estimate of drug-likeness (QED) is 0.861. The van der Waals surface area contributed by atoms with Crippen LogP contribution in [0.25, 0.3) is 11.1 Å². The molecule has 0 unspecified atom stereocenters. The van der Waals surface area contributed by atoms with Gasteiger partial charge in [-0.05, 0) is 60.2 Å². The summed E-state index contributed by atoms with van der Waals surface area (Å²) in [5, 5.41) is 0. The summed E-state index contributed by atoms with van der Waals surface area (Å²) in [5.74, 6) is 0. The predicted molar refractivity (Wildman–Crippen MR) is 95.4 cm³/mol. The van der Waals surface area contributed by atoms with Crippen LogP contribution in [0.5, 0.6) is 0 Å². The summed E-state index contributed by atoms with van der Waals surface area (Å²) in [5.41, 5.74) is 3.32. The van der Waals surface area contributed by atoms with Crippen molar-refractivity contribution in [3.63, 3.8) is 0 Å². The Bertz CT molecular complexity index is 771. The van der Waals surface area contributed by atoms with Crippen LogP contribution in [0.2, 0.25) is 0 Å². The third kappa shape index (κ3) is 3.74. The van der Waals surface area contributed by atoms with Gasteiger partial charge < -0.3 is 4.57 Å². The Hall–Kier alpha value is -1.68. The van der Waals surface area contributed by atoms with E-state index in [2.05, 4.69) is 13.0 Å². The molecule has 1 aromatic carbocycles.